The molecular weight excluding hydrogens is 321 g/mol. The molecule has 0 aromatic heterocycles. The molecule has 0 unspecified atom stereocenters. The smallest absolute Gasteiger partial charge is 0.306 e. The van der Waals surface area contributed by atoms with Crippen LogP contribution in [0.25, 0.3) is 0 Å². The summed E-state index contributed by atoms with van der Waals surface area (Å²) in [6, 6.07) is 3.95. The number of hydrogen-bond donors (Lipinski definition) is 1. The van der Waals surface area contributed by atoms with Crippen LogP contribution in [0.2, 0.25) is 5.02 Å². The SMILES string of the molecule is O=C(COC(=O)C[C@H]1C[C@H]2CC[C@@H]1C2)Nc1ccc(Cl)cc1F. The van der Waals surface area contributed by atoms with Crippen molar-refractivity contribution in [3.8, 4) is 0 Å². The molecule has 2 fully saturated rings. The number of benzene rings is 1. The van der Waals surface area contributed by atoms with E-state index >= 15 is 0 Å². The quantitative estimate of drug-likeness (QED) is 0.830. The van der Waals surface area contributed by atoms with Crippen molar-refractivity contribution >= 4 is 29.2 Å². The van der Waals surface area contributed by atoms with Crippen LogP contribution in [0.3, 0.4) is 0 Å². The number of halogens is 2. The summed E-state index contributed by atoms with van der Waals surface area (Å²) in [5, 5.41) is 2.61. The second-order valence-corrected chi connectivity index (χ2v) is 6.91. The molecule has 2 aliphatic carbocycles. The zero-order chi connectivity index (χ0) is 16.4. The van der Waals surface area contributed by atoms with Gasteiger partial charge < -0.3 is 10.1 Å². The van der Waals surface area contributed by atoms with Gasteiger partial charge >= 0.3 is 5.97 Å². The van der Waals surface area contributed by atoms with Crippen LogP contribution < -0.4 is 5.32 Å². The molecule has 2 saturated carbocycles. The lowest BCUT2D eigenvalue weighted by Crippen LogP contribution is -2.23. The predicted octanol–water partition coefficient (Wildman–Crippen LogP) is 3.79. The summed E-state index contributed by atoms with van der Waals surface area (Å²) in [5.41, 5.74) is 0.0172. The Kier molecular flexibility index (Phi) is 4.85. The molecule has 1 N–H and O–H groups in total. The van der Waals surface area contributed by atoms with Gasteiger partial charge in [-0.05, 0) is 55.2 Å². The first-order valence-electron chi connectivity index (χ1n) is 7.92. The Labute approximate surface area is 139 Å². The predicted molar refractivity (Wildman–Crippen MR) is 84.6 cm³/mol. The first-order valence-corrected chi connectivity index (χ1v) is 8.29. The summed E-state index contributed by atoms with van der Waals surface area (Å²) in [6.45, 7) is -0.401. The Bertz CT molecular complexity index is 622. The van der Waals surface area contributed by atoms with Gasteiger partial charge in [0.05, 0.1) is 5.69 Å². The van der Waals surface area contributed by atoms with Crippen LogP contribution in [-0.2, 0) is 14.3 Å². The number of anilines is 1. The molecular formula is C17H19ClFNO3. The summed E-state index contributed by atoms with van der Waals surface area (Å²) in [4.78, 5) is 23.6. The van der Waals surface area contributed by atoms with Gasteiger partial charge in [0, 0.05) is 11.4 Å². The van der Waals surface area contributed by atoms with E-state index in [0.29, 0.717) is 18.3 Å². The number of nitrogens with one attached hydrogen (secondary N) is 1. The van der Waals surface area contributed by atoms with Gasteiger partial charge in [-0.3, -0.25) is 9.59 Å². The zero-order valence-electron chi connectivity index (χ0n) is 12.7. The van der Waals surface area contributed by atoms with Crippen LogP contribution in [0.1, 0.15) is 32.1 Å². The van der Waals surface area contributed by atoms with Crippen molar-refractivity contribution in [1.82, 2.24) is 0 Å². The lowest BCUT2D eigenvalue weighted by atomic mass is 9.86. The van der Waals surface area contributed by atoms with E-state index in [0.717, 1.165) is 18.4 Å². The highest BCUT2D eigenvalue weighted by atomic mass is 35.5. The Morgan fingerprint density at radius 3 is 2.78 bits per heavy atom. The third-order valence-corrected chi connectivity index (χ3v) is 5.12. The van der Waals surface area contributed by atoms with Crippen molar-refractivity contribution in [2.45, 2.75) is 32.1 Å². The first kappa shape index (κ1) is 16.2. The molecule has 4 nitrogen and oxygen atoms in total. The number of ether oxygens (including phenoxy) is 1. The summed E-state index contributed by atoms with van der Waals surface area (Å²) < 4.78 is 18.6. The molecule has 3 rings (SSSR count). The minimum Gasteiger partial charge on any atom is -0.456 e. The Morgan fingerprint density at radius 2 is 2.13 bits per heavy atom. The van der Waals surface area contributed by atoms with E-state index in [2.05, 4.69) is 5.32 Å². The van der Waals surface area contributed by atoms with Crippen molar-refractivity contribution in [2.24, 2.45) is 17.8 Å². The van der Waals surface area contributed by atoms with E-state index < -0.39 is 18.3 Å². The van der Waals surface area contributed by atoms with Crippen molar-refractivity contribution in [2.75, 3.05) is 11.9 Å². The normalized spacial score (nSPS) is 25.4. The lowest BCUT2D eigenvalue weighted by molar-refractivity contribution is -0.148. The lowest BCUT2D eigenvalue weighted by Gasteiger charge is -2.20. The van der Waals surface area contributed by atoms with E-state index in [1.165, 1.54) is 31.4 Å². The molecule has 2 bridgehead atoms. The molecule has 0 spiro atoms. The topological polar surface area (TPSA) is 55.4 Å². The molecule has 124 valence electrons. The monoisotopic (exact) mass is 339 g/mol. The van der Waals surface area contributed by atoms with Gasteiger partial charge in [-0.2, -0.15) is 0 Å². The van der Waals surface area contributed by atoms with E-state index in [1.54, 1.807) is 0 Å². The molecule has 2 aliphatic rings. The number of amides is 1. The third kappa shape index (κ3) is 4.02. The second kappa shape index (κ2) is 6.87. The highest BCUT2D eigenvalue weighted by molar-refractivity contribution is 6.30. The van der Waals surface area contributed by atoms with Crippen LogP contribution >= 0.6 is 11.6 Å². The van der Waals surface area contributed by atoms with Gasteiger partial charge in [-0.1, -0.05) is 18.0 Å². The maximum absolute atomic E-state index is 13.6. The largest absolute Gasteiger partial charge is 0.456 e. The first-order chi connectivity index (χ1) is 11.0. The van der Waals surface area contributed by atoms with Crippen LogP contribution in [0.15, 0.2) is 18.2 Å². The van der Waals surface area contributed by atoms with Gasteiger partial charge in [0.15, 0.2) is 6.61 Å². The van der Waals surface area contributed by atoms with Gasteiger partial charge in [-0.25, -0.2) is 4.39 Å². The Balaban J connectivity index is 1.42. The molecule has 3 atom stereocenters. The number of esters is 1. The van der Waals surface area contributed by atoms with Gasteiger partial charge in [0.25, 0.3) is 5.91 Å². The summed E-state index contributed by atoms with van der Waals surface area (Å²) in [6.07, 6.45) is 5.20. The van der Waals surface area contributed by atoms with E-state index in [-0.39, 0.29) is 16.7 Å². The van der Waals surface area contributed by atoms with Gasteiger partial charge in [0.2, 0.25) is 0 Å². The molecule has 23 heavy (non-hydrogen) atoms. The van der Waals surface area contributed by atoms with Crippen LogP contribution in [-0.4, -0.2) is 18.5 Å². The van der Waals surface area contributed by atoms with Crippen molar-refractivity contribution in [3.05, 3.63) is 29.0 Å². The minimum absolute atomic E-state index is 0.0172. The molecule has 0 aliphatic heterocycles. The minimum atomic E-state index is -0.626. The van der Waals surface area contributed by atoms with Crippen LogP contribution in [0.5, 0.6) is 0 Å². The van der Waals surface area contributed by atoms with E-state index in [1.807, 2.05) is 0 Å². The summed E-state index contributed by atoms with van der Waals surface area (Å²) in [5.74, 6) is 0.275. The van der Waals surface area contributed by atoms with Gasteiger partial charge in [0.1, 0.15) is 5.82 Å². The standard InChI is InChI=1S/C17H19ClFNO3/c18-13-3-4-15(14(19)8-13)20-16(21)9-23-17(22)7-12-6-10-1-2-11(12)5-10/h3-4,8,10-12H,1-2,5-7,9H2,(H,20,21)/t10-,11+,12+/m0/s1. The van der Waals surface area contributed by atoms with E-state index in [4.69, 9.17) is 16.3 Å². The average molecular weight is 340 g/mol. The fourth-order valence-corrected chi connectivity index (χ4v) is 3.98. The summed E-state index contributed by atoms with van der Waals surface area (Å²) >= 11 is 5.64. The third-order valence-electron chi connectivity index (χ3n) is 4.88. The fourth-order valence-electron chi connectivity index (χ4n) is 3.82. The number of rotatable bonds is 5. The number of fused-ring (bicyclic) bond motifs is 2. The number of hydrogen-bond acceptors (Lipinski definition) is 3. The molecule has 0 heterocycles. The van der Waals surface area contributed by atoms with Crippen molar-refractivity contribution in [1.29, 1.82) is 0 Å². The molecule has 6 heteroatoms. The Morgan fingerprint density at radius 1 is 1.30 bits per heavy atom. The molecule has 0 saturated heterocycles. The van der Waals surface area contributed by atoms with Crippen LogP contribution in [0, 0.1) is 23.6 Å². The second-order valence-electron chi connectivity index (χ2n) is 6.47. The molecule has 1 aromatic carbocycles. The van der Waals surface area contributed by atoms with Crippen LogP contribution in [0.4, 0.5) is 10.1 Å². The fraction of sp³-hybridized carbons (Fsp3) is 0.529. The van der Waals surface area contributed by atoms with Crippen molar-refractivity contribution < 1.29 is 18.7 Å². The number of carbonyl (C=O) groups excluding carboxylic acids is 2. The molecule has 1 amide bonds. The summed E-state index contributed by atoms with van der Waals surface area (Å²) in [7, 11) is 0. The number of carbonyl (C=O) groups is 2. The van der Waals surface area contributed by atoms with Gasteiger partial charge in [-0.15, -0.1) is 0 Å². The highest BCUT2D eigenvalue weighted by Crippen LogP contribution is 2.49. The molecule has 0 radical (unpaired) electrons. The Hall–Kier alpha value is -1.62. The average Bonchev–Trinajstić information content (AvgIpc) is 3.11. The van der Waals surface area contributed by atoms with E-state index in [9.17, 15) is 14.0 Å². The maximum Gasteiger partial charge on any atom is 0.306 e. The van der Waals surface area contributed by atoms with Crippen molar-refractivity contribution in [3.63, 3.8) is 0 Å². The highest BCUT2D eigenvalue weighted by Gasteiger charge is 2.40. The maximum atomic E-state index is 13.6. The molecule has 1 aromatic rings. The zero-order valence-corrected chi connectivity index (χ0v) is 13.4.